The van der Waals surface area contributed by atoms with Crippen LogP contribution in [0.3, 0.4) is 0 Å². The van der Waals surface area contributed by atoms with E-state index in [9.17, 15) is 25.4 Å². The molecule has 0 aliphatic heterocycles. The van der Waals surface area contributed by atoms with Gasteiger partial charge in [0.1, 0.15) is 22.7 Å². The molecule has 15 heteroatoms. The first-order chi connectivity index (χ1) is 15.7. The summed E-state index contributed by atoms with van der Waals surface area (Å²) >= 11 is 2.33. The number of aromatic nitrogens is 3. The molecular formula is C18H25N9O4S2. The molecule has 6 N–H and O–H groups in total. The molecule has 2 aromatic heterocycles. The summed E-state index contributed by atoms with van der Waals surface area (Å²) in [6, 6.07) is 1.08. The molecule has 0 amide bonds. The molecule has 2 rings (SSSR count). The number of hydrogen-bond donors (Lipinski definition) is 6. The summed E-state index contributed by atoms with van der Waals surface area (Å²) in [7, 11) is 0. The number of aliphatic hydroxyl groups is 2. The number of aliphatic carboxylic acids is 1. The molecule has 0 fully saturated rings. The number of azo groups is 1. The normalized spacial score (nSPS) is 13.8. The highest BCUT2D eigenvalue weighted by molar-refractivity contribution is 7.98. The van der Waals surface area contributed by atoms with E-state index < -0.39 is 24.2 Å². The van der Waals surface area contributed by atoms with Crippen LogP contribution in [-0.4, -0.2) is 73.2 Å². The van der Waals surface area contributed by atoms with Gasteiger partial charge in [-0.25, -0.2) is 0 Å². The molecule has 33 heavy (non-hydrogen) atoms. The third kappa shape index (κ3) is 7.49. The van der Waals surface area contributed by atoms with Crippen molar-refractivity contribution in [1.82, 2.24) is 14.3 Å². The third-order valence-electron chi connectivity index (χ3n) is 3.92. The standard InChI is InChI=1S/C18H25N9O4S2/c1-8(28)6-20-13-12(25-26-15-11(5-19)16(32-4)27-33-15)14(21-7-9(2)29)24-18(23-13)22-10(3)17(30)31/h8-10,28-29H,6-7H2,1-4H3,(H,30,31)(H3,20,21,22,23,24). The number of aliphatic hydroxyl groups excluding tert-OH is 2. The molecule has 0 bridgehead atoms. The molecule has 0 saturated carbocycles. The summed E-state index contributed by atoms with van der Waals surface area (Å²) in [5.74, 6) is -0.782. The lowest BCUT2D eigenvalue weighted by atomic mass is 10.3. The van der Waals surface area contributed by atoms with E-state index in [1.165, 1.54) is 18.7 Å². The minimum atomic E-state index is -1.10. The number of nitriles is 1. The van der Waals surface area contributed by atoms with Gasteiger partial charge in [0.15, 0.2) is 22.3 Å². The van der Waals surface area contributed by atoms with Gasteiger partial charge in [0.25, 0.3) is 0 Å². The molecular weight excluding hydrogens is 470 g/mol. The van der Waals surface area contributed by atoms with Gasteiger partial charge >= 0.3 is 5.97 Å². The highest BCUT2D eigenvalue weighted by Crippen LogP contribution is 2.37. The second kappa shape index (κ2) is 12.3. The number of thioether (sulfide) groups is 1. The second-order valence-corrected chi connectivity index (χ2v) is 8.49. The van der Waals surface area contributed by atoms with Gasteiger partial charge in [0.05, 0.1) is 12.2 Å². The first kappa shape index (κ1) is 26.2. The van der Waals surface area contributed by atoms with Crippen LogP contribution < -0.4 is 16.0 Å². The zero-order valence-corrected chi connectivity index (χ0v) is 20.0. The molecule has 0 aliphatic rings. The lowest BCUT2D eigenvalue weighted by molar-refractivity contribution is -0.137. The van der Waals surface area contributed by atoms with Gasteiger partial charge in [-0.1, -0.05) is 0 Å². The number of hydrogen-bond acceptors (Lipinski definition) is 14. The number of carbonyl (C=O) groups is 1. The van der Waals surface area contributed by atoms with Crippen LogP contribution in [-0.2, 0) is 4.79 Å². The average molecular weight is 496 g/mol. The highest BCUT2D eigenvalue weighted by Gasteiger charge is 2.20. The Labute approximate surface area is 198 Å². The van der Waals surface area contributed by atoms with Gasteiger partial charge in [-0.05, 0) is 38.6 Å². The second-order valence-electron chi connectivity index (χ2n) is 6.94. The van der Waals surface area contributed by atoms with Crippen LogP contribution in [0.2, 0.25) is 0 Å². The van der Waals surface area contributed by atoms with Gasteiger partial charge in [0, 0.05) is 13.1 Å². The third-order valence-corrected chi connectivity index (χ3v) is 5.45. The molecule has 178 valence electrons. The van der Waals surface area contributed by atoms with Crippen LogP contribution in [0.1, 0.15) is 26.3 Å². The summed E-state index contributed by atoms with van der Waals surface area (Å²) in [5, 5.41) is 55.8. The van der Waals surface area contributed by atoms with Crippen LogP contribution in [0.4, 0.5) is 28.3 Å². The Balaban J connectivity index is 2.56. The van der Waals surface area contributed by atoms with Crippen LogP contribution in [0, 0.1) is 11.3 Å². The maximum atomic E-state index is 11.2. The van der Waals surface area contributed by atoms with Crippen molar-refractivity contribution in [3.05, 3.63) is 5.56 Å². The molecule has 2 heterocycles. The van der Waals surface area contributed by atoms with E-state index in [1.54, 1.807) is 20.1 Å². The van der Waals surface area contributed by atoms with Crippen LogP contribution in [0.5, 0.6) is 0 Å². The van der Waals surface area contributed by atoms with Crippen molar-refractivity contribution in [3.8, 4) is 6.07 Å². The van der Waals surface area contributed by atoms with Crippen molar-refractivity contribution in [3.63, 3.8) is 0 Å². The lowest BCUT2D eigenvalue weighted by Gasteiger charge is -2.17. The van der Waals surface area contributed by atoms with Gasteiger partial charge < -0.3 is 31.3 Å². The number of nitrogens with one attached hydrogen (secondary N) is 3. The zero-order chi connectivity index (χ0) is 24.5. The van der Waals surface area contributed by atoms with Crippen LogP contribution >= 0.6 is 23.3 Å². The van der Waals surface area contributed by atoms with E-state index in [0.717, 1.165) is 11.5 Å². The molecule has 0 radical (unpaired) electrons. The van der Waals surface area contributed by atoms with Crippen molar-refractivity contribution in [2.75, 3.05) is 35.3 Å². The molecule has 2 aromatic rings. The van der Waals surface area contributed by atoms with E-state index in [2.05, 4.69) is 46.6 Å². The predicted octanol–water partition coefficient (Wildman–Crippen LogP) is 2.41. The molecule has 0 spiro atoms. The first-order valence-corrected chi connectivity index (χ1v) is 11.8. The fourth-order valence-corrected chi connectivity index (χ4v) is 3.66. The van der Waals surface area contributed by atoms with Gasteiger partial charge in [0.2, 0.25) is 5.95 Å². The molecule has 3 atom stereocenters. The minimum absolute atomic E-state index is 0.00907. The van der Waals surface area contributed by atoms with Gasteiger partial charge in [-0.3, -0.25) is 4.79 Å². The van der Waals surface area contributed by atoms with E-state index >= 15 is 0 Å². The topological polar surface area (TPSA) is 201 Å². The Morgan fingerprint density at radius 3 is 2.18 bits per heavy atom. The maximum Gasteiger partial charge on any atom is 0.325 e. The van der Waals surface area contributed by atoms with E-state index in [0.29, 0.717) is 15.6 Å². The first-order valence-electron chi connectivity index (χ1n) is 9.77. The highest BCUT2D eigenvalue weighted by atomic mass is 32.2. The van der Waals surface area contributed by atoms with E-state index in [4.69, 9.17) is 0 Å². The minimum Gasteiger partial charge on any atom is -0.480 e. The molecule has 13 nitrogen and oxygen atoms in total. The van der Waals surface area contributed by atoms with Gasteiger partial charge in [-0.15, -0.1) is 22.0 Å². The molecule has 3 unspecified atom stereocenters. The average Bonchev–Trinajstić information content (AvgIpc) is 3.16. The maximum absolute atomic E-state index is 11.2. The quantitative estimate of drug-likeness (QED) is 0.186. The van der Waals surface area contributed by atoms with E-state index in [1.807, 2.05) is 0 Å². The fourth-order valence-electron chi connectivity index (χ4n) is 2.27. The molecule has 0 aliphatic carbocycles. The fraction of sp³-hybridized carbons (Fsp3) is 0.500. The summed E-state index contributed by atoms with van der Waals surface area (Å²) in [4.78, 5) is 19.8. The number of rotatable bonds is 12. The van der Waals surface area contributed by atoms with Crippen molar-refractivity contribution < 1.29 is 20.1 Å². The monoisotopic (exact) mass is 495 g/mol. The Morgan fingerprint density at radius 1 is 1.15 bits per heavy atom. The van der Waals surface area contributed by atoms with Gasteiger partial charge in [-0.2, -0.15) is 19.6 Å². The van der Waals surface area contributed by atoms with Crippen molar-refractivity contribution in [2.45, 2.75) is 44.0 Å². The summed E-state index contributed by atoms with van der Waals surface area (Å²) in [6.45, 7) is 4.82. The molecule has 0 saturated heterocycles. The number of nitrogens with zero attached hydrogens (tertiary/aromatic N) is 6. The van der Waals surface area contributed by atoms with E-state index in [-0.39, 0.29) is 36.4 Å². The Kier molecular flexibility index (Phi) is 9.73. The van der Waals surface area contributed by atoms with Crippen molar-refractivity contribution >= 4 is 57.5 Å². The lowest BCUT2D eigenvalue weighted by Crippen LogP contribution is -2.27. The number of carboxylic acid groups (broad SMARTS) is 1. The number of anilines is 3. The zero-order valence-electron chi connectivity index (χ0n) is 18.4. The number of carboxylic acids is 1. The van der Waals surface area contributed by atoms with Crippen molar-refractivity contribution in [1.29, 1.82) is 5.26 Å². The van der Waals surface area contributed by atoms with Crippen LogP contribution in [0.15, 0.2) is 15.3 Å². The molecule has 0 aromatic carbocycles. The van der Waals surface area contributed by atoms with Crippen molar-refractivity contribution in [2.24, 2.45) is 10.2 Å². The summed E-state index contributed by atoms with van der Waals surface area (Å²) in [5.41, 5.74) is 0.440. The summed E-state index contributed by atoms with van der Waals surface area (Å²) in [6.07, 6.45) is 0.359. The predicted molar refractivity (Wildman–Crippen MR) is 126 cm³/mol. The Morgan fingerprint density at radius 2 is 1.73 bits per heavy atom. The summed E-state index contributed by atoms with van der Waals surface area (Å²) < 4.78 is 4.18. The Hall–Kier alpha value is -3.06. The smallest absolute Gasteiger partial charge is 0.325 e. The van der Waals surface area contributed by atoms with Crippen LogP contribution in [0.25, 0.3) is 0 Å². The Bertz CT molecular complexity index is 1000. The largest absolute Gasteiger partial charge is 0.480 e. The SMILES string of the molecule is CSc1nsc(N=Nc2c(NCC(C)O)nc(NC(C)C(=O)O)nc2NCC(C)O)c1C#N.